The quantitative estimate of drug-likeness (QED) is 0.467. The molecule has 0 aliphatic rings. The first kappa shape index (κ1) is 21.3. The first-order valence-corrected chi connectivity index (χ1v) is 10.3. The molecule has 0 atom stereocenters. The number of ether oxygens (including phenoxy) is 1. The number of rotatable bonds is 7. The Morgan fingerprint density at radius 1 is 1.09 bits per heavy atom. The van der Waals surface area contributed by atoms with E-state index in [1.165, 1.54) is 5.56 Å². The summed E-state index contributed by atoms with van der Waals surface area (Å²) in [5.41, 5.74) is 5.20. The summed E-state index contributed by atoms with van der Waals surface area (Å²) in [6.45, 7) is 8.52. The molecule has 32 heavy (non-hydrogen) atoms. The van der Waals surface area contributed by atoms with Crippen molar-refractivity contribution in [2.24, 2.45) is 0 Å². The Balaban J connectivity index is 1.43. The van der Waals surface area contributed by atoms with Crippen LogP contribution in [0.4, 0.5) is 5.95 Å². The van der Waals surface area contributed by atoms with E-state index in [1.807, 2.05) is 57.2 Å². The number of anilines is 1. The van der Waals surface area contributed by atoms with Gasteiger partial charge in [0.25, 0.3) is 5.91 Å². The highest BCUT2D eigenvalue weighted by atomic mass is 16.5. The van der Waals surface area contributed by atoms with Gasteiger partial charge in [0.15, 0.2) is 5.69 Å². The lowest BCUT2D eigenvalue weighted by molar-refractivity contribution is 0.101. The molecule has 0 saturated heterocycles. The summed E-state index contributed by atoms with van der Waals surface area (Å²) >= 11 is 0. The van der Waals surface area contributed by atoms with E-state index in [4.69, 9.17) is 9.26 Å². The smallest absolute Gasteiger partial charge is 0.280 e. The normalized spacial score (nSPS) is 10.9. The van der Waals surface area contributed by atoms with E-state index in [-0.39, 0.29) is 18.2 Å². The molecule has 164 valence electrons. The molecule has 0 radical (unpaired) electrons. The van der Waals surface area contributed by atoms with Gasteiger partial charge in [-0.1, -0.05) is 52.7 Å². The average molecular weight is 431 g/mol. The van der Waals surface area contributed by atoms with Crippen LogP contribution in [0.15, 0.2) is 53.3 Å². The van der Waals surface area contributed by atoms with Gasteiger partial charge in [0.2, 0.25) is 5.95 Å². The molecule has 0 aliphatic heterocycles. The van der Waals surface area contributed by atoms with E-state index >= 15 is 0 Å². The lowest BCUT2D eigenvalue weighted by Gasteiger charge is -2.10. The number of aromatic nitrogens is 4. The SMILES string of the molecule is Cc1cccc(Cn2cnc(NC(=O)c3noc(C)c3COc3ccc(C)cc3C)n2)c1. The molecule has 0 spiro atoms. The average Bonchev–Trinajstić information content (AvgIpc) is 3.33. The molecule has 0 saturated carbocycles. The first-order chi connectivity index (χ1) is 15.4. The highest BCUT2D eigenvalue weighted by Crippen LogP contribution is 2.22. The largest absolute Gasteiger partial charge is 0.488 e. The van der Waals surface area contributed by atoms with Gasteiger partial charge in [-0.25, -0.2) is 9.67 Å². The molecule has 0 unspecified atom stereocenters. The Morgan fingerprint density at radius 3 is 2.69 bits per heavy atom. The maximum Gasteiger partial charge on any atom is 0.280 e. The van der Waals surface area contributed by atoms with E-state index in [2.05, 4.69) is 26.6 Å². The number of hydrogen-bond acceptors (Lipinski definition) is 6. The van der Waals surface area contributed by atoms with Gasteiger partial charge in [0.1, 0.15) is 24.4 Å². The van der Waals surface area contributed by atoms with Gasteiger partial charge in [-0.05, 0) is 44.9 Å². The molecular formula is C24H25N5O3. The number of aryl methyl sites for hydroxylation is 4. The van der Waals surface area contributed by atoms with Crippen molar-refractivity contribution in [2.75, 3.05) is 5.32 Å². The zero-order chi connectivity index (χ0) is 22.7. The van der Waals surface area contributed by atoms with Crippen LogP contribution >= 0.6 is 0 Å². The van der Waals surface area contributed by atoms with Crippen molar-refractivity contribution in [3.8, 4) is 5.75 Å². The fourth-order valence-corrected chi connectivity index (χ4v) is 3.44. The summed E-state index contributed by atoms with van der Waals surface area (Å²) in [5, 5.41) is 10.9. The summed E-state index contributed by atoms with van der Waals surface area (Å²) in [4.78, 5) is 17.0. The van der Waals surface area contributed by atoms with E-state index in [0.717, 1.165) is 22.4 Å². The van der Waals surface area contributed by atoms with Crippen molar-refractivity contribution in [3.05, 3.63) is 88.1 Å². The van der Waals surface area contributed by atoms with Gasteiger partial charge in [-0.3, -0.25) is 10.1 Å². The van der Waals surface area contributed by atoms with Gasteiger partial charge in [0, 0.05) is 0 Å². The predicted molar refractivity (Wildman–Crippen MR) is 120 cm³/mol. The fourth-order valence-electron chi connectivity index (χ4n) is 3.44. The minimum absolute atomic E-state index is 0.155. The molecule has 4 rings (SSSR count). The standard InChI is InChI=1S/C24H25N5O3/c1-15-6-5-7-19(11-15)12-29-14-25-24(27-29)26-23(30)22-20(18(4)32-28-22)13-31-21-9-8-16(2)10-17(21)3/h5-11,14H,12-13H2,1-4H3,(H,26,27,30). The number of nitrogens with one attached hydrogen (secondary N) is 1. The predicted octanol–water partition coefficient (Wildman–Crippen LogP) is 4.38. The Hall–Kier alpha value is -3.94. The van der Waals surface area contributed by atoms with Gasteiger partial charge < -0.3 is 9.26 Å². The third-order valence-electron chi connectivity index (χ3n) is 5.09. The lowest BCUT2D eigenvalue weighted by Crippen LogP contribution is -2.16. The van der Waals surface area contributed by atoms with Crippen LogP contribution in [0.5, 0.6) is 5.75 Å². The summed E-state index contributed by atoms with van der Waals surface area (Å²) in [6.07, 6.45) is 1.58. The minimum atomic E-state index is -0.450. The summed E-state index contributed by atoms with van der Waals surface area (Å²) < 4.78 is 12.8. The van der Waals surface area contributed by atoms with E-state index in [9.17, 15) is 4.79 Å². The van der Waals surface area contributed by atoms with E-state index in [0.29, 0.717) is 17.9 Å². The molecule has 2 aromatic carbocycles. The Labute approximate surface area is 186 Å². The number of carbonyl (C=O) groups excluding carboxylic acids is 1. The molecule has 0 bridgehead atoms. The Bertz CT molecular complexity index is 1260. The summed E-state index contributed by atoms with van der Waals surface area (Å²) in [5.74, 6) is 1.02. The summed E-state index contributed by atoms with van der Waals surface area (Å²) in [7, 11) is 0. The molecule has 8 heteroatoms. The first-order valence-electron chi connectivity index (χ1n) is 10.3. The Kier molecular flexibility index (Phi) is 6.02. The van der Waals surface area contributed by atoms with Crippen molar-refractivity contribution in [2.45, 2.75) is 40.8 Å². The van der Waals surface area contributed by atoms with Crippen LogP contribution < -0.4 is 10.1 Å². The van der Waals surface area contributed by atoms with Crippen LogP contribution in [0.1, 0.15) is 44.1 Å². The number of benzene rings is 2. The second kappa shape index (κ2) is 9.05. The van der Waals surface area contributed by atoms with Crippen LogP contribution in [0.2, 0.25) is 0 Å². The van der Waals surface area contributed by atoms with Crippen molar-refractivity contribution < 1.29 is 14.1 Å². The van der Waals surface area contributed by atoms with Crippen molar-refractivity contribution >= 4 is 11.9 Å². The highest BCUT2D eigenvalue weighted by Gasteiger charge is 2.22. The molecule has 0 aliphatic carbocycles. The second-order valence-electron chi connectivity index (χ2n) is 7.83. The van der Waals surface area contributed by atoms with Crippen molar-refractivity contribution in [1.82, 2.24) is 19.9 Å². The highest BCUT2D eigenvalue weighted by molar-refractivity contribution is 6.02. The topological polar surface area (TPSA) is 95.1 Å². The number of amides is 1. The Morgan fingerprint density at radius 2 is 1.91 bits per heavy atom. The molecule has 0 fully saturated rings. The second-order valence-corrected chi connectivity index (χ2v) is 7.83. The zero-order valence-corrected chi connectivity index (χ0v) is 18.5. The monoisotopic (exact) mass is 431 g/mol. The maximum atomic E-state index is 12.8. The van der Waals surface area contributed by atoms with Gasteiger partial charge in [-0.2, -0.15) is 0 Å². The van der Waals surface area contributed by atoms with Crippen LogP contribution in [-0.2, 0) is 13.2 Å². The van der Waals surface area contributed by atoms with Crippen molar-refractivity contribution in [1.29, 1.82) is 0 Å². The zero-order valence-electron chi connectivity index (χ0n) is 18.5. The van der Waals surface area contributed by atoms with Gasteiger partial charge >= 0.3 is 0 Å². The maximum absolute atomic E-state index is 12.8. The van der Waals surface area contributed by atoms with Gasteiger partial charge in [0.05, 0.1) is 12.1 Å². The van der Waals surface area contributed by atoms with Crippen LogP contribution in [0.3, 0.4) is 0 Å². The summed E-state index contributed by atoms with van der Waals surface area (Å²) in [6, 6.07) is 14.1. The molecule has 4 aromatic rings. The molecular weight excluding hydrogens is 406 g/mol. The van der Waals surface area contributed by atoms with Gasteiger partial charge in [-0.15, -0.1) is 5.10 Å². The minimum Gasteiger partial charge on any atom is -0.488 e. The van der Waals surface area contributed by atoms with Crippen LogP contribution in [-0.4, -0.2) is 25.8 Å². The molecule has 1 amide bonds. The molecule has 1 N–H and O–H groups in total. The van der Waals surface area contributed by atoms with Crippen LogP contribution in [0, 0.1) is 27.7 Å². The fraction of sp³-hybridized carbons (Fsp3) is 0.250. The number of nitrogens with zero attached hydrogens (tertiary/aromatic N) is 4. The third kappa shape index (κ3) is 4.85. The number of carbonyl (C=O) groups is 1. The van der Waals surface area contributed by atoms with Crippen LogP contribution in [0.25, 0.3) is 0 Å². The molecule has 2 heterocycles. The van der Waals surface area contributed by atoms with E-state index < -0.39 is 5.91 Å². The number of hydrogen-bond donors (Lipinski definition) is 1. The van der Waals surface area contributed by atoms with Crippen molar-refractivity contribution in [3.63, 3.8) is 0 Å². The molecule has 8 nitrogen and oxygen atoms in total. The molecule has 2 aromatic heterocycles. The van der Waals surface area contributed by atoms with E-state index in [1.54, 1.807) is 17.9 Å². The lowest BCUT2D eigenvalue weighted by atomic mass is 10.1. The third-order valence-corrected chi connectivity index (χ3v) is 5.09.